The molecule has 0 fully saturated rings. The number of fused-ring (bicyclic) bond motifs is 1. The number of nitrogens with zero attached hydrogens (tertiary/aromatic N) is 6. The highest BCUT2D eigenvalue weighted by Crippen LogP contribution is 2.24. The molecule has 0 bridgehead atoms. The summed E-state index contributed by atoms with van der Waals surface area (Å²) in [5.74, 6) is 0.512. The molecule has 8 nitrogen and oxygen atoms in total. The lowest BCUT2D eigenvalue weighted by molar-refractivity contribution is 0.0603. The topological polar surface area (TPSA) is 98.7 Å². The first-order valence-electron chi connectivity index (χ1n) is 8.86. The van der Waals surface area contributed by atoms with Gasteiger partial charge in [-0.15, -0.1) is 0 Å². The molecule has 0 aliphatic rings. The van der Waals surface area contributed by atoms with Gasteiger partial charge in [-0.2, -0.15) is 0 Å². The minimum atomic E-state index is -1.04. The predicted octanol–water partition coefficient (Wildman–Crippen LogP) is 2.12. The monoisotopic (exact) mass is 376 g/mol. The maximum atomic E-state index is 13.1. The van der Waals surface area contributed by atoms with Crippen molar-refractivity contribution >= 4 is 10.9 Å². The fourth-order valence-corrected chi connectivity index (χ4v) is 3.01. The van der Waals surface area contributed by atoms with Gasteiger partial charge in [0.1, 0.15) is 11.8 Å². The number of hydrogen-bond donors (Lipinski definition) is 1. The van der Waals surface area contributed by atoms with E-state index < -0.39 is 5.60 Å². The zero-order chi connectivity index (χ0) is 19.9. The third kappa shape index (κ3) is 3.41. The van der Waals surface area contributed by atoms with E-state index in [1.807, 2.05) is 19.1 Å². The molecule has 0 radical (unpaired) electrons. The minimum Gasteiger partial charge on any atom is -0.389 e. The third-order valence-corrected chi connectivity index (χ3v) is 4.31. The Bertz CT molecular complexity index is 1190. The summed E-state index contributed by atoms with van der Waals surface area (Å²) in [5.41, 5.74) is 1.50. The number of imidazole rings is 1. The summed E-state index contributed by atoms with van der Waals surface area (Å²) in [5, 5.41) is 10.5. The largest absolute Gasteiger partial charge is 0.389 e. The first-order chi connectivity index (χ1) is 13.3. The Morgan fingerprint density at radius 2 is 2.00 bits per heavy atom. The van der Waals surface area contributed by atoms with Crippen LogP contribution in [-0.2, 0) is 6.54 Å². The molecule has 0 aliphatic carbocycles. The molecule has 0 aromatic carbocycles. The van der Waals surface area contributed by atoms with Gasteiger partial charge < -0.3 is 5.11 Å². The van der Waals surface area contributed by atoms with E-state index in [1.54, 1.807) is 49.4 Å². The standard InChI is InChI=1S/C20H20N6O2/c1-13-4-5-14(9-22-13)16-8-15-17(18(24-16)25-7-6-21-11-25)23-12-26(19(15)27)10-20(2,3)28/h4-9,11-12,28H,10H2,1-3H3. The lowest BCUT2D eigenvalue weighted by atomic mass is 10.1. The number of pyridine rings is 2. The lowest BCUT2D eigenvalue weighted by Gasteiger charge is -2.19. The van der Waals surface area contributed by atoms with Crippen LogP contribution >= 0.6 is 0 Å². The molecule has 4 rings (SSSR count). The van der Waals surface area contributed by atoms with E-state index in [-0.39, 0.29) is 12.1 Å². The van der Waals surface area contributed by atoms with Gasteiger partial charge in [-0.25, -0.2) is 15.0 Å². The third-order valence-electron chi connectivity index (χ3n) is 4.31. The normalized spacial score (nSPS) is 11.9. The molecular formula is C20H20N6O2. The average Bonchev–Trinajstić information content (AvgIpc) is 3.17. The molecule has 0 amide bonds. The fourth-order valence-electron chi connectivity index (χ4n) is 3.01. The number of aromatic nitrogens is 6. The smallest absolute Gasteiger partial charge is 0.261 e. The Labute approximate surface area is 161 Å². The molecule has 142 valence electrons. The van der Waals surface area contributed by atoms with Gasteiger partial charge in [-0.3, -0.25) is 18.9 Å². The van der Waals surface area contributed by atoms with Gasteiger partial charge in [0.15, 0.2) is 5.82 Å². The van der Waals surface area contributed by atoms with E-state index in [0.29, 0.717) is 22.4 Å². The van der Waals surface area contributed by atoms with Gasteiger partial charge in [0.05, 0.1) is 29.6 Å². The molecule has 0 unspecified atom stereocenters. The van der Waals surface area contributed by atoms with E-state index >= 15 is 0 Å². The van der Waals surface area contributed by atoms with Crippen LogP contribution in [-0.4, -0.2) is 39.8 Å². The van der Waals surface area contributed by atoms with Crippen molar-refractivity contribution in [3.05, 3.63) is 65.5 Å². The van der Waals surface area contributed by atoms with Crippen LogP contribution in [0.1, 0.15) is 19.5 Å². The van der Waals surface area contributed by atoms with Gasteiger partial charge in [0, 0.05) is 29.8 Å². The van der Waals surface area contributed by atoms with Gasteiger partial charge in [-0.1, -0.05) is 0 Å². The average molecular weight is 376 g/mol. The number of aliphatic hydroxyl groups is 1. The Balaban J connectivity index is 2.00. The van der Waals surface area contributed by atoms with Crippen molar-refractivity contribution in [2.75, 3.05) is 0 Å². The second-order valence-electron chi connectivity index (χ2n) is 7.38. The molecule has 8 heteroatoms. The zero-order valence-corrected chi connectivity index (χ0v) is 15.9. The lowest BCUT2D eigenvalue weighted by Crippen LogP contribution is -2.33. The Kier molecular flexibility index (Phi) is 4.27. The molecule has 4 aromatic rings. The summed E-state index contributed by atoms with van der Waals surface area (Å²) in [4.78, 5) is 30.7. The van der Waals surface area contributed by atoms with Crippen LogP contribution in [0, 0.1) is 6.92 Å². The summed E-state index contributed by atoms with van der Waals surface area (Å²) >= 11 is 0. The number of hydrogen-bond acceptors (Lipinski definition) is 6. The van der Waals surface area contributed by atoms with Crippen LogP contribution in [0.5, 0.6) is 0 Å². The van der Waals surface area contributed by atoms with E-state index in [4.69, 9.17) is 4.98 Å². The van der Waals surface area contributed by atoms with Crippen LogP contribution in [0.2, 0.25) is 0 Å². The summed E-state index contributed by atoms with van der Waals surface area (Å²) < 4.78 is 3.14. The molecule has 0 spiro atoms. The van der Waals surface area contributed by atoms with Crippen LogP contribution in [0.25, 0.3) is 28.0 Å². The number of rotatable bonds is 4. The summed E-state index contributed by atoms with van der Waals surface area (Å²) in [6.45, 7) is 5.35. The zero-order valence-electron chi connectivity index (χ0n) is 15.9. The molecule has 4 aromatic heterocycles. The molecular weight excluding hydrogens is 356 g/mol. The van der Waals surface area contributed by atoms with Crippen molar-refractivity contribution in [1.29, 1.82) is 0 Å². The molecule has 0 atom stereocenters. The Hall–Kier alpha value is -3.39. The second-order valence-corrected chi connectivity index (χ2v) is 7.38. The molecule has 0 saturated heterocycles. The minimum absolute atomic E-state index is 0.138. The van der Waals surface area contributed by atoms with E-state index in [2.05, 4.69) is 15.0 Å². The quantitative estimate of drug-likeness (QED) is 0.586. The van der Waals surface area contributed by atoms with Crippen molar-refractivity contribution in [3.63, 3.8) is 0 Å². The Morgan fingerprint density at radius 1 is 1.18 bits per heavy atom. The van der Waals surface area contributed by atoms with Crippen molar-refractivity contribution in [2.24, 2.45) is 0 Å². The molecule has 0 saturated carbocycles. The second kappa shape index (κ2) is 6.65. The van der Waals surface area contributed by atoms with E-state index in [0.717, 1.165) is 11.3 Å². The van der Waals surface area contributed by atoms with Gasteiger partial charge in [0.2, 0.25) is 0 Å². The van der Waals surface area contributed by atoms with Crippen molar-refractivity contribution in [1.82, 2.24) is 29.1 Å². The summed E-state index contributed by atoms with van der Waals surface area (Å²) in [7, 11) is 0. The SMILES string of the molecule is Cc1ccc(-c2cc3c(=O)n(CC(C)(C)O)cnc3c(-n3ccnc3)n2)cn1. The predicted molar refractivity (Wildman–Crippen MR) is 105 cm³/mol. The van der Waals surface area contributed by atoms with Gasteiger partial charge in [0.25, 0.3) is 5.56 Å². The summed E-state index contributed by atoms with van der Waals surface area (Å²) in [6.07, 6.45) is 8.18. The highest BCUT2D eigenvalue weighted by molar-refractivity contribution is 5.87. The van der Waals surface area contributed by atoms with Gasteiger partial charge in [-0.05, 0) is 39.0 Å². The number of aryl methyl sites for hydroxylation is 1. The molecule has 1 N–H and O–H groups in total. The van der Waals surface area contributed by atoms with Crippen molar-refractivity contribution in [2.45, 2.75) is 32.9 Å². The van der Waals surface area contributed by atoms with Crippen LogP contribution in [0.3, 0.4) is 0 Å². The van der Waals surface area contributed by atoms with Crippen LogP contribution in [0.15, 0.2) is 54.2 Å². The first-order valence-corrected chi connectivity index (χ1v) is 8.86. The van der Waals surface area contributed by atoms with E-state index in [1.165, 1.54) is 10.9 Å². The molecule has 4 heterocycles. The highest BCUT2D eigenvalue weighted by atomic mass is 16.3. The van der Waals surface area contributed by atoms with Crippen LogP contribution in [0.4, 0.5) is 0 Å². The van der Waals surface area contributed by atoms with Crippen molar-refractivity contribution in [3.8, 4) is 17.1 Å². The highest BCUT2D eigenvalue weighted by Gasteiger charge is 2.18. The van der Waals surface area contributed by atoms with Crippen molar-refractivity contribution < 1.29 is 5.11 Å². The van der Waals surface area contributed by atoms with Crippen LogP contribution < -0.4 is 5.56 Å². The maximum absolute atomic E-state index is 13.1. The molecule has 0 aliphatic heterocycles. The fraction of sp³-hybridized carbons (Fsp3) is 0.250. The first kappa shape index (κ1) is 18.0. The molecule has 28 heavy (non-hydrogen) atoms. The van der Waals surface area contributed by atoms with Gasteiger partial charge >= 0.3 is 0 Å². The van der Waals surface area contributed by atoms with E-state index in [9.17, 15) is 9.90 Å². The summed E-state index contributed by atoms with van der Waals surface area (Å²) in [6, 6.07) is 5.53. The Morgan fingerprint density at radius 3 is 2.64 bits per heavy atom. The maximum Gasteiger partial charge on any atom is 0.261 e.